The van der Waals surface area contributed by atoms with E-state index in [2.05, 4.69) is 170 Å². The second-order valence-corrected chi connectivity index (χ2v) is 14.8. The van der Waals surface area contributed by atoms with Gasteiger partial charge in [-0.3, -0.25) is 0 Å². The van der Waals surface area contributed by atoms with E-state index in [0.29, 0.717) is 13.4 Å². The zero-order valence-electron chi connectivity index (χ0n) is 28.7. The van der Waals surface area contributed by atoms with Crippen molar-refractivity contribution in [3.8, 4) is 0 Å². The van der Waals surface area contributed by atoms with E-state index in [1.807, 2.05) is 0 Å². The third-order valence-electron chi connectivity index (χ3n) is 11.8. The van der Waals surface area contributed by atoms with E-state index < -0.39 is 0 Å². The fourth-order valence-electron chi connectivity index (χ4n) is 9.59. The fourth-order valence-corrected chi connectivity index (χ4v) is 9.59. The Bertz CT molecular complexity index is 2030. The second kappa shape index (κ2) is 13.7. The Hall–Kier alpha value is -5.07. The molecular weight excluding hydrogens is 598 g/mol. The summed E-state index contributed by atoms with van der Waals surface area (Å²) in [5, 5.41) is 0. The van der Waals surface area contributed by atoms with Crippen LogP contribution in [0.4, 0.5) is 0 Å². The molecule has 6 aromatic carbocycles. The molecule has 0 atom stereocenters. The number of fused-ring (bicyclic) bond motifs is 4. The topological polar surface area (TPSA) is 0 Å². The molecule has 0 unspecified atom stereocenters. The lowest BCUT2D eigenvalue weighted by atomic mass is 9.29. The maximum Gasteiger partial charge on any atom is 0.233 e. The average Bonchev–Trinajstić information content (AvgIpc) is 3.97. The molecule has 4 aliphatic carbocycles. The third kappa shape index (κ3) is 6.13. The molecule has 0 saturated heterocycles. The van der Waals surface area contributed by atoms with Gasteiger partial charge in [-0.05, 0) is 94.7 Å². The van der Waals surface area contributed by atoms with Crippen LogP contribution in [0.25, 0.3) is 12.2 Å². The summed E-state index contributed by atoms with van der Waals surface area (Å²) < 4.78 is 0. The summed E-state index contributed by atoms with van der Waals surface area (Å²) in [5.41, 5.74) is 17.9. The molecule has 0 aromatic heterocycles. The van der Waals surface area contributed by atoms with Gasteiger partial charge in [0.05, 0.1) is 0 Å². The quantitative estimate of drug-likeness (QED) is 0.159. The Morgan fingerprint density at radius 2 is 0.680 bits per heavy atom. The van der Waals surface area contributed by atoms with E-state index in [0.717, 1.165) is 24.5 Å². The molecule has 10 rings (SSSR count). The van der Waals surface area contributed by atoms with Gasteiger partial charge in [0, 0.05) is 0 Å². The van der Waals surface area contributed by atoms with E-state index in [1.54, 1.807) is 22.3 Å². The smallest absolute Gasteiger partial charge is 0.0860 e. The van der Waals surface area contributed by atoms with Gasteiger partial charge in [-0.2, -0.15) is 0 Å². The first-order chi connectivity index (χ1) is 24.8. The largest absolute Gasteiger partial charge is 0.233 e. The Labute approximate surface area is 298 Å². The van der Waals surface area contributed by atoms with Gasteiger partial charge in [0.1, 0.15) is 0 Å². The van der Waals surface area contributed by atoms with Gasteiger partial charge in [0.15, 0.2) is 6.71 Å². The maximum atomic E-state index is 2.41. The van der Waals surface area contributed by atoms with Crippen molar-refractivity contribution in [2.45, 2.75) is 50.2 Å². The van der Waals surface area contributed by atoms with Crippen molar-refractivity contribution in [3.63, 3.8) is 0 Å². The Kier molecular flexibility index (Phi) is 8.47. The van der Waals surface area contributed by atoms with Crippen LogP contribution in [-0.4, -0.2) is 13.4 Å². The fraction of sp³-hybridized carbons (Fsp3) is 0.167. The molecule has 0 amide bonds. The molecule has 0 saturated carbocycles. The molecule has 0 N–H and O–H groups in total. The van der Waals surface area contributed by atoms with Crippen LogP contribution in [-0.2, 0) is 38.5 Å². The normalized spacial score (nSPS) is 15.6. The Morgan fingerprint density at radius 3 is 1.08 bits per heavy atom. The van der Waals surface area contributed by atoms with Crippen LogP contribution in [0.2, 0.25) is 11.6 Å². The van der Waals surface area contributed by atoms with Crippen molar-refractivity contribution >= 4 is 36.5 Å². The minimum absolute atomic E-state index is 0.376. The monoisotopic (exact) mass is 640 g/mol. The summed E-state index contributed by atoms with van der Waals surface area (Å²) in [6.45, 7) is 1.03. The van der Waals surface area contributed by atoms with Crippen molar-refractivity contribution in [1.82, 2.24) is 0 Å². The minimum Gasteiger partial charge on any atom is -0.0860 e. The molecule has 0 aliphatic heterocycles. The zero-order valence-corrected chi connectivity index (χ0v) is 28.7. The zero-order chi connectivity index (χ0) is 33.3. The lowest BCUT2D eigenvalue weighted by Crippen LogP contribution is -2.40. The van der Waals surface area contributed by atoms with Crippen LogP contribution in [0.3, 0.4) is 0 Å². The molecule has 50 heavy (non-hydrogen) atoms. The molecule has 0 bridgehead atoms. The van der Waals surface area contributed by atoms with E-state index in [1.165, 1.54) is 69.8 Å². The third-order valence-corrected chi connectivity index (χ3v) is 11.8. The molecule has 0 heterocycles. The number of allylic oxidation sites excluding steroid dienone is 2. The summed E-state index contributed by atoms with van der Waals surface area (Å²) in [5.74, 6) is 1.47. The van der Waals surface area contributed by atoms with Crippen LogP contribution in [0.15, 0.2) is 169 Å². The molecule has 4 aliphatic rings. The van der Waals surface area contributed by atoms with Gasteiger partial charge >= 0.3 is 0 Å². The Balaban J connectivity index is 0.000000135. The predicted molar refractivity (Wildman–Crippen MR) is 215 cm³/mol. The molecule has 0 fully saturated rings. The van der Waals surface area contributed by atoms with Crippen LogP contribution >= 0.6 is 0 Å². The summed E-state index contributed by atoms with van der Waals surface area (Å²) in [6, 6.07) is 58.0. The predicted octanol–water partition coefficient (Wildman–Crippen LogP) is 9.47. The Morgan fingerprint density at radius 1 is 0.340 bits per heavy atom. The van der Waals surface area contributed by atoms with E-state index >= 15 is 0 Å². The molecule has 0 nitrogen and oxygen atoms in total. The highest BCUT2D eigenvalue weighted by Gasteiger charge is 2.40. The van der Waals surface area contributed by atoms with Gasteiger partial charge in [0.2, 0.25) is 6.71 Å². The first kappa shape index (κ1) is 30.9. The summed E-state index contributed by atoms with van der Waals surface area (Å²) in [4.78, 5) is 0. The van der Waals surface area contributed by atoms with Crippen molar-refractivity contribution in [2.24, 2.45) is 0 Å². The molecule has 240 valence electrons. The highest BCUT2D eigenvalue weighted by Crippen LogP contribution is 2.42. The maximum absolute atomic E-state index is 2.41. The standard InChI is InChI=1S/C24H23B.C24H19B/c2*1-2-12-22(13-3-1)25(23-14-18-8-4-5-9-19(18)15-23)24-16-20-10-6-7-11-21(20)17-24/h1-13,23-24H,14-17H2;1-14,16H,15,17H2. The molecule has 2 heteroatoms. The van der Waals surface area contributed by atoms with Gasteiger partial charge in [0.25, 0.3) is 0 Å². The first-order valence-electron chi connectivity index (χ1n) is 18.6. The number of rotatable bonds is 6. The first-order valence-corrected chi connectivity index (χ1v) is 18.6. The molecule has 0 spiro atoms. The van der Waals surface area contributed by atoms with Gasteiger partial charge in [-0.25, -0.2) is 0 Å². The van der Waals surface area contributed by atoms with Gasteiger partial charge in [-0.1, -0.05) is 192 Å². The molecule has 0 radical (unpaired) electrons. The van der Waals surface area contributed by atoms with Crippen molar-refractivity contribution in [1.29, 1.82) is 0 Å². The number of benzene rings is 6. The SMILES string of the molecule is C1=C(B(C2=Cc3ccccc3C2)c2ccccc2)Cc2ccccc21.c1ccc(B(C2Cc3ccccc3C2)C2Cc3ccccc3C2)cc1. The summed E-state index contributed by atoms with van der Waals surface area (Å²) in [7, 11) is 0. The van der Waals surface area contributed by atoms with Crippen LogP contribution < -0.4 is 10.9 Å². The summed E-state index contributed by atoms with van der Waals surface area (Å²) in [6.07, 6.45) is 11.9. The number of hydrogen-bond donors (Lipinski definition) is 0. The van der Waals surface area contributed by atoms with Crippen molar-refractivity contribution in [3.05, 3.63) is 213 Å². The van der Waals surface area contributed by atoms with E-state index in [4.69, 9.17) is 0 Å². The minimum atomic E-state index is 0.376. The van der Waals surface area contributed by atoms with Gasteiger partial charge in [-0.15, -0.1) is 0 Å². The van der Waals surface area contributed by atoms with E-state index in [-0.39, 0.29) is 0 Å². The van der Waals surface area contributed by atoms with Gasteiger partial charge < -0.3 is 0 Å². The lowest BCUT2D eigenvalue weighted by Gasteiger charge is -2.26. The average molecular weight is 640 g/mol. The highest BCUT2D eigenvalue weighted by atomic mass is 14.3. The van der Waals surface area contributed by atoms with Crippen LogP contribution in [0.1, 0.15) is 44.5 Å². The van der Waals surface area contributed by atoms with E-state index in [9.17, 15) is 0 Å². The van der Waals surface area contributed by atoms with Crippen LogP contribution in [0, 0.1) is 0 Å². The number of hydrogen-bond acceptors (Lipinski definition) is 0. The molecule has 6 aromatic rings. The second-order valence-electron chi connectivity index (χ2n) is 14.8. The van der Waals surface area contributed by atoms with Crippen molar-refractivity contribution in [2.75, 3.05) is 0 Å². The highest BCUT2D eigenvalue weighted by molar-refractivity contribution is 6.87. The molecular formula is C48H42B2. The van der Waals surface area contributed by atoms with Crippen LogP contribution in [0.5, 0.6) is 0 Å². The van der Waals surface area contributed by atoms with Crippen molar-refractivity contribution < 1.29 is 0 Å². The summed E-state index contributed by atoms with van der Waals surface area (Å²) >= 11 is 0. The lowest BCUT2D eigenvalue weighted by molar-refractivity contribution is 0.804.